The number of hydrogen-bond donors (Lipinski definition) is 2. The molecule has 1 unspecified atom stereocenters. The second kappa shape index (κ2) is 4.80. The van der Waals surface area contributed by atoms with Crippen LogP contribution in [0.1, 0.15) is 20.3 Å². The van der Waals surface area contributed by atoms with Crippen molar-refractivity contribution >= 4 is 0 Å². The third kappa shape index (κ3) is 2.44. The normalized spacial score (nSPS) is 29.5. The van der Waals surface area contributed by atoms with Crippen molar-refractivity contribution < 1.29 is 4.74 Å². The summed E-state index contributed by atoms with van der Waals surface area (Å²) in [6.45, 7) is 9.08. The Labute approximate surface area is 74.9 Å². The van der Waals surface area contributed by atoms with E-state index < -0.39 is 0 Å². The molecule has 0 amide bonds. The van der Waals surface area contributed by atoms with Crippen LogP contribution in [0.3, 0.4) is 0 Å². The Morgan fingerprint density at radius 1 is 1.50 bits per heavy atom. The number of likely N-dealkylation sites (N-methyl/N-ethyl adjacent to an activating group) is 1. The van der Waals surface area contributed by atoms with Gasteiger partial charge in [-0.25, -0.2) is 0 Å². The molecule has 0 bridgehead atoms. The molecule has 1 aliphatic heterocycles. The van der Waals surface area contributed by atoms with E-state index in [0.717, 1.165) is 39.2 Å². The molecule has 0 aromatic rings. The van der Waals surface area contributed by atoms with E-state index >= 15 is 0 Å². The van der Waals surface area contributed by atoms with Gasteiger partial charge in [0.1, 0.15) is 0 Å². The van der Waals surface area contributed by atoms with E-state index in [-0.39, 0.29) is 5.60 Å². The smallest absolute Gasteiger partial charge is 0.0941 e. The first-order valence-electron chi connectivity index (χ1n) is 4.88. The summed E-state index contributed by atoms with van der Waals surface area (Å²) in [6.07, 6.45) is 1.13. The Balaban J connectivity index is 2.35. The monoisotopic (exact) mass is 172 g/mol. The fourth-order valence-electron chi connectivity index (χ4n) is 1.70. The molecule has 1 heterocycles. The minimum Gasteiger partial charge on any atom is -0.373 e. The van der Waals surface area contributed by atoms with Crippen LogP contribution in [0.25, 0.3) is 0 Å². The number of nitrogens with one attached hydrogen (secondary N) is 2. The lowest BCUT2D eigenvalue weighted by Gasteiger charge is -2.28. The fourth-order valence-corrected chi connectivity index (χ4v) is 1.70. The van der Waals surface area contributed by atoms with Gasteiger partial charge < -0.3 is 15.4 Å². The SMILES string of the molecule is CCNCC1(OCC)CCNC1. The van der Waals surface area contributed by atoms with Crippen molar-refractivity contribution in [3.05, 3.63) is 0 Å². The van der Waals surface area contributed by atoms with Crippen molar-refractivity contribution in [3.8, 4) is 0 Å². The highest BCUT2D eigenvalue weighted by molar-refractivity contribution is 4.91. The van der Waals surface area contributed by atoms with Crippen LogP contribution < -0.4 is 10.6 Å². The lowest BCUT2D eigenvalue weighted by molar-refractivity contribution is -0.0219. The zero-order chi connectivity index (χ0) is 8.86. The highest BCUT2D eigenvalue weighted by Crippen LogP contribution is 2.18. The average Bonchev–Trinajstić information content (AvgIpc) is 2.51. The van der Waals surface area contributed by atoms with E-state index in [9.17, 15) is 0 Å². The molecular weight excluding hydrogens is 152 g/mol. The molecule has 1 fully saturated rings. The lowest BCUT2D eigenvalue weighted by Crippen LogP contribution is -2.45. The van der Waals surface area contributed by atoms with E-state index in [1.54, 1.807) is 0 Å². The molecule has 72 valence electrons. The molecule has 12 heavy (non-hydrogen) atoms. The van der Waals surface area contributed by atoms with E-state index in [0.29, 0.717) is 0 Å². The third-order valence-electron chi connectivity index (χ3n) is 2.35. The van der Waals surface area contributed by atoms with Gasteiger partial charge >= 0.3 is 0 Å². The van der Waals surface area contributed by atoms with Gasteiger partial charge in [0, 0.05) is 19.7 Å². The summed E-state index contributed by atoms with van der Waals surface area (Å²) in [4.78, 5) is 0. The first kappa shape index (κ1) is 9.96. The topological polar surface area (TPSA) is 33.3 Å². The van der Waals surface area contributed by atoms with Crippen LogP contribution in [0.4, 0.5) is 0 Å². The number of ether oxygens (including phenoxy) is 1. The fraction of sp³-hybridized carbons (Fsp3) is 1.00. The molecule has 1 saturated heterocycles. The van der Waals surface area contributed by atoms with Crippen LogP contribution in [0.2, 0.25) is 0 Å². The largest absolute Gasteiger partial charge is 0.373 e. The molecule has 0 saturated carbocycles. The van der Waals surface area contributed by atoms with Gasteiger partial charge in [-0.3, -0.25) is 0 Å². The van der Waals surface area contributed by atoms with Gasteiger partial charge in [-0.15, -0.1) is 0 Å². The highest BCUT2D eigenvalue weighted by atomic mass is 16.5. The molecule has 0 aromatic heterocycles. The standard InChI is InChI=1S/C9H20N2O/c1-3-10-7-9(12-4-2)5-6-11-8-9/h10-11H,3-8H2,1-2H3. The molecule has 0 aliphatic carbocycles. The minimum absolute atomic E-state index is 0.0742. The van der Waals surface area contributed by atoms with Crippen molar-refractivity contribution in [2.45, 2.75) is 25.9 Å². The Bertz CT molecular complexity index is 122. The van der Waals surface area contributed by atoms with Gasteiger partial charge in [0.25, 0.3) is 0 Å². The second-order valence-corrected chi connectivity index (χ2v) is 3.32. The van der Waals surface area contributed by atoms with Crippen molar-refractivity contribution in [2.75, 3.05) is 32.8 Å². The summed E-state index contributed by atoms with van der Waals surface area (Å²) in [5.41, 5.74) is 0.0742. The predicted molar refractivity (Wildman–Crippen MR) is 50.4 cm³/mol. The van der Waals surface area contributed by atoms with Crippen LogP contribution in [0, 0.1) is 0 Å². The van der Waals surface area contributed by atoms with Gasteiger partial charge in [-0.1, -0.05) is 6.92 Å². The van der Waals surface area contributed by atoms with E-state index in [1.807, 2.05) is 0 Å². The maximum atomic E-state index is 5.77. The summed E-state index contributed by atoms with van der Waals surface area (Å²) in [6, 6.07) is 0. The molecular formula is C9H20N2O. The quantitative estimate of drug-likeness (QED) is 0.628. The van der Waals surface area contributed by atoms with E-state index in [1.165, 1.54) is 0 Å². The van der Waals surface area contributed by atoms with Gasteiger partial charge in [-0.2, -0.15) is 0 Å². The Kier molecular flexibility index (Phi) is 3.98. The maximum Gasteiger partial charge on any atom is 0.0941 e. The zero-order valence-electron chi connectivity index (χ0n) is 8.15. The highest BCUT2D eigenvalue weighted by Gasteiger charge is 2.33. The van der Waals surface area contributed by atoms with E-state index in [2.05, 4.69) is 24.5 Å². The molecule has 1 rings (SSSR count). The Hall–Kier alpha value is -0.120. The average molecular weight is 172 g/mol. The van der Waals surface area contributed by atoms with Crippen LogP contribution in [-0.4, -0.2) is 38.4 Å². The van der Waals surface area contributed by atoms with Crippen LogP contribution in [0.5, 0.6) is 0 Å². The third-order valence-corrected chi connectivity index (χ3v) is 2.35. The van der Waals surface area contributed by atoms with Crippen molar-refractivity contribution in [3.63, 3.8) is 0 Å². The van der Waals surface area contributed by atoms with Crippen LogP contribution in [0.15, 0.2) is 0 Å². The molecule has 3 nitrogen and oxygen atoms in total. The maximum absolute atomic E-state index is 5.77. The second-order valence-electron chi connectivity index (χ2n) is 3.32. The molecule has 0 spiro atoms. The van der Waals surface area contributed by atoms with Gasteiger partial charge in [0.2, 0.25) is 0 Å². The molecule has 2 N–H and O–H groups in total. The van der Waals surface area contributed by atoms with Gasteiger partial charge in [-0.05, 0) is 26.4 Å². The molecule has 0 aromatic carbocycles. The Morgan fingerprint density at radius 3 is 2.83 bits per heavy atom. The summed E-state index contributed by atoms with van der Waals surface area (Å²) in [5.74, 6) is 0. The van der Waals surface area contributed by atoms with Gasteiger partial charge in [0.05, 0.1) is 5.60 Å². The summed E-state index contributed by atoms with van der Waals surface area (Å²) >= 11 is 0. The zero-order valence-corrected chi connectivity index (χ0v) is 8.15. The molecule has 3 heteroatoms. The summed E-state index contributed by atoms with van der Waals surface area (Å²) in [5, 5.41) is 6.69. The first-order chi connectivity index (χ1) is 5.83. The predicted octanol–water partition coefficient (Wildman–Crippen LogP) is 0.364. The first-order valence-corrected chi connectivity index (χ1v) is 4.88. The van der Waals surface area contributed by atoms with Gasteiger partial charge in [0.15, 0.2) is 0 Å². The molecule has 1 aliphatic rings. The summed E-state index contributed by atoms with van der Waals surface area (Å²) in [7, 11) is 0. The lowest BCUT2D eigenvalue weighted by atomic mass is 10.0. The minimum atomic E-state index is 0.0742. The molecule has 0 radical (unpaired) electrons. The number of hydrogen-bond acceptors (Lipinski definition) is 3. The van der Waals surface area contributed by atoms with Crippen molar-refractivity contribution in [1.29, 1.82) is 0 Å². The van der Waals surface area contributed by atoms with Crippen LogP contribution in [-0.2, 0) is 4.74 Å². The number of rotatable bonds is 5. The van der Waals surface area contributed by atoms with Crippen LogP contribution >= 0.6 is 0 Å². The van der Waals surface area contributed by atoms with E-state index in [4.69, 9.17) is 4.74 Å². The Morgan fingerprint density at radius 2 is 2.33 bits per heavy atom. The summed E-state index contributed by atoms with van der Waals surface area (Å²) < 4.78 is 5.77. The van der Waals surface area contributed by atoms with Crippen molar-refractivity contribution in [1.82, 2.24) is 10.6 Å². The van der Waals surface area contributed by atoms with Crippen molar-refractivity contribution in [2.24, 2.45) is 0 Å². The molecule has 1 atom stereocenters.